The van der Waals surface area contributed by atoms with Crippen molar-refractivity contribution in [3.63, 3.8) is 0 Å². The zero-order valence-electron chi connectivity index (χ0n) is 13.3. The van der Waals surface area contributed by atoms with E-state index >= 15 is 0 Å². The Morgan fingerprint density at radius 1 is 1.36 bits per heavy atom. The highest BCUT2D eigenvalue weighted by Gasteiger charge is 2.16. The number of carbonyl (C=O) groups is 1. The van der Waals surface area contributed by atoms with Gasteiger partial charge in [-0.3, -0.25) is 4.79 Å². The van der Waals surface area contributed by atoms with Crippen molar-refractivity contribution in [3.8, 4) is 5.82 Å². The Morgan fingerprint density at radius 2 is 2.14 bits per heavy atom. The summed E-state index contributed by atoms with van der Waals surface area (Å²) in [5.41, 5.74) is 6.44. The topological polar surface area (TPSA) is 77.0 Å². The molecule has 1 unspecified atom stereocenters. The second-order valence-electron chi connectivity index (χ2n) is 5.75. The molecular weight excluding hydrogens is 278 g/mol. The lowest BCUT2D eigenvalue weighted by Crippen LogP contribution is -2.35. The van der Waals surface area contributed by atoms with Gasteiger partial charge in [0, 0.05) is 32.0 Å². The van der Waals surface area contributed by atoms with Crippen molar-refractivity contribution < 1.29 is 4.79 Å². The van der Waals surface area contributed by atoms with Gasteiger partial charge in [-0.15, -0.1) is 0 Å². The third-order valence-corrected chi connectivity index (χ3v) is 3.69. The number of carbonyl (C=O) groups excluding carboxylic acids is 1. The van der Waals surface area contributed by atoms with E-state index in [1.165, 1.54) is 0 Å². The Kier molecular flexibility index (Phi) is 5.27. The average molecular weight is 301 g/mol. The predicted molar refractivity (Wildman–Crippen MR) is 85.7 cm³/mol. The summed E-state index contributed by atoms with van der Waals surface area (Å²) >= 11 is 0. The Labute approximate surface area is 130 Å². The maximum absolute atomic E-state index is 12.4. The molecule has 118 valence electrons. The monoisotopic (exact) mass is 301 g/mol. The van der Waals surface area contributed by atoms with E-state index in [9.17, 15) is 4.79 Å². The summed E-state index contributed by atoms with van der Waals surface area (Å²) in [5.74, 6) is 0.929. The van der Waals surface area contributed by atoms with Crippen molar-refractivity contribution in [2.75, 3.05) is 13.6 Å². The van der Waals surface area contributed by atoms with Gasteiger partial charge in [0.05, 0.1) is 0 Å². The van der Waals surface area contributed by atoms with E-state index in [1.807, 2.05) is 18.2 Å². The molecule has 0 radical (unpaired) electrons. The van der Waals surface area contributed by atoms with Crippen molar-refractivity contribution in [2.45, 2.75) is 26.3 Å². The molecule has 0 saturated heterocycles. The molecule has 0 aliphatic heterocycles. The first-order valence-electron chi connectivity index (χ1n) is 7.47. The van der Waals surface area contributed by atoms with Gasteiger partial charge in [-0.05, 0) is 30.5 Å². The Morgan fingerprint density at radius 3 is 2.77 bits per heavy atom. The molecule has 0 aromatic carbocycles. The van der Waals surface area contributed by atoms with Crippen LogP contribution in [0, 0.1) is 5.92 Å². The van der Waals surface area contributed by atoms with Gasteiger partial charge in [-0.1, -0.05) is 19.9 Å². The lowest BCUT2D eigenvalue weighted by Gasteiger charge is -2.21. The highest BCUT2D eigenvalue weighted by molar-refractivity contribution is 5.92. The number of hydrogen-bond acceptors (Lipinski definition) is 4. The van der Waals surface area contributed by atoms with Gasteiger partial charge in [0.1, 0.15) is 5.69 Å². The summed E-state index contributed by atoms with van der Waals surface area (Å²) < 4.78 is 1.63. The third-order valence-electron chi connectivity index (χ3n) is 3.69. The first kappa shape index (κ1) is 16.2. The van der Waals surface area contributed by atoms with Crippen LogP contribution in [0.5, 0.6) is 0 Å². The van der Waals surface area contributed by atoms with Crippen LogP contribution in [-0.4, -0.2) is 45.2 Å². The lowest BCUT2D eigenvalue weighted by atomic mass is 10.0. The van der Waals surface area contributed by atoms with Gasteiger partial charge in [-0.25, -0.2) is 9.67 Å². The summed E-state index contributed by atoms with van der Waals surface area (Å²) in [5, 5.41) is 4.12. The van der Waals surface area contributed by atoms with Crippen LogP contribution in [0.3, 0.4) is 0 Å². The van der Waals surface area contributed by atoms with E-state index in [1.54, 1.807) is 35.1 Å². The molecule has 0 spiro atoms. The minimum absolute atomic E-state index is 0.0959. The smallest absolute Gasteiger partial charge is 0.272 e. The molecule has 6 nitrogen and oxygen atoms in total. The normalized spacial score (nSPS) is 12.4. The Balaban J connectivity index is 2.04. The number of amides is 1. The molecule has 1 atom stereocenters. The number of nitrogens with two attached hydrogens (primary N) is 1. The second kappa shape index (κ2) is 7.17. The first-order valence-corrected chi connectivity index (χ1v) is 7.47. The van der Waals surface area contributed by atoms with Crippen LogP contribution in [0.4, 0.5) is 0 Å². The SMILES string of the molecule is CC(C)C(N)CCN(C)C(=O)c1cccc(-n2cccn2)n1. The van der Waals surface area contributed by atoms with E-state index in [4.69, 9.17) is 5.73 Å². The molecule has 0 aliphatic rings. The van der Waals surface area contributed by atoms with Gasteiger partial charge < -0.3 is 10.6 Å². The quantitative estimate of drug-likeness (QED) is 0.881. The average Bonchev–Trinajstić information content (AvgIpc) is 3.06. The van der Waals surface area contributed by atoms with E-state index in [0.717, 1.165) is 6.42 Å². The van der Waals surface area contributed by atoms with Gasteiger partial charge >= 0.3 is 0 Å². The molecule has 0 aliphatic carbocycles. The third kappa shape index (κ3) is 3.92. The van der Waals surface area contributed by atoms with Crippen LogP contribution in [0.25, 0.3) is 5.82 Å². The minimum atomic E-state index is -0.107. The second-order valence-corrected chi connectivity index (χ2v) is 5.75. The molecule has 1 amide bonds. The van der Waals surface area contributed by atoms with Crippen LogP contribution in [0.1, 0.15) is 30.8 Å². The van der Waals surface area contributed by atoms with E-state index in [0.29, 0.717) is 24.0 Å². The fourth-order valence-corrected chi connectivity index (χ4v) is 2.05. The van der Waals surface area contributed by atoms with E-state index in [2.05, 4.69) is 23.9 Å². The summed E-state index contributed by atoms with van der Waals surface area (Å²) in [6.45, 7) is 4.79. The largest absolute Gasteiger partial charge is 0.340 e. The molecule has 2 aromatic rings. The predicted octanol–water partition coefficient (Wildman–Crippen LogP) is 1.71. The molecule has 2 heterocycles. The molecule has 0 fully saturated rings. The molecule has 2 N–H and O–H groups in total. The van der Waals surface area contributed by atoms with Gasteiger partial charge in [0.25, 0.3) is 5.91 Å². The summed E-state index contributed by atoms with van der Waals surface area (Å²) in [4.78, 5) is 18.5. The summed E-state index contributed by atoms with van der Waals surface area (Å²) in [6.07, 6.45) is 4.25. The van der Waals surface area contributed by atoms with Crippen molar-refractivity contribution in [1.29, 1.82) is 0 Å². The standard InChI is InChI=1S/C16H23N5O/c1-12(2)13(17)8-11-20(3)16(22)14-6-4-7-15(19-14)21-10-5-9-18-21/h4-7,9-10,12-13H,8,11,17H2,1-3H3. The molecular formula is C16H23N5O. The highest BCUT2D eigenvalue weighted by atomic mass is 16.2. The number of nitrogens with zero attached hydrogens (tertiary/aromatic N) is 4. The van der Waals surface area contributed by atoms with Crippen LogP contribution in [0.15, 0.2) is 36.7 Å². The molecule has 2 rings (SSSR count). The molecule has 0 saturated carbocycles. The van der Waals surface area contributed by atoms with E-state index in [-0.39, 0.29) is 11.9 Å². The molecule has 22 heavy (non-hydrogen) atoms. The van der Waals surface area contributed by atoms with Crippen molar-refractivity contribution in [1.82, 2.24) is 19.7 Å². The first-order chi connectivity index (χ1) is 10.5. The zero-order chi connectivity index (χ0) is 16.1. The van der Waals surface area contributed by atoms with Gasteiger partial charge in [-0.2, -0.15) is 5.10 Å². The number of pyridine rings is 1. The van der Waals surface area contributed by atoms with E-state index < -0.39 is 0 Å². The maximum Gasteiger partial charge on any atom is 0.272 e. The summed E-state index contributed by atoms with van der Waals surface area (Å²) in [7, 11) is 1.78. The number of hydrogen-bond donors (Lipinski definition) is 1. The van der Waals surface area contributed by atoms with Crippen LogP contribution >= 0.6 is 0 Å². The molecule has 2 aromatic heterocycles. The number of rotatable bonds is 6. The Hall–Kier alpha value is -2.21. The van der Waals surface area contributed by atoms with Gasteiger partial charge in [0.15, 0.2) is 5.82 Å². The van der Waals surface area contributed by atoms with Crippen LogP contribution in [-0.2, 0) is 0 Å². The fourth-order valence-electron chi connectivity index (χ4n) is 2.05. The van der Waals surface area contributed by atoms with Crippen LogP contribution in [0.2, 0.25) is 0 Å². The van der Waals surface area contributed by atoms with Gasteiger partial charge in [0.2, 0.25) is 0 Å². The van der Waals surface area contributed by atoms with Crippen molar-refractivity contribution >= 4 is 5.91 Å². The Bertz CT molecular complexity index is 609. The van der Waals surface area contributed by atoms with Crippen molar-refractivity contribution in [3.05, 3.63) is 42.4 Å². The summed E-state index contributed by atoms with van der Waals surface area (Å²) in [6, 6.07) is 7.26. The maximum atomic E-state index is 12.4. The zero-order valence-corrected chi connectivity index (χ0v) is 13.3. The molecule has 0 bridgehead atoms. The highest BCUT2D eigenvalue weighted by Crippen LogP contribution is 2.08. The number of aromatic nitrogens is 3. The van der Waals surface area contributed by atoms with Crippen LogP contribution < -0.4 is 5.73 Å². The minimum Gasteiger partial charge on any atom is -0.340 e. The fraction of sp³-hybridized carbons (Fsp3) is 0.438. The lowest BCUT2D eigenvalue weighted by molar-refractivity contribution is 0.0783. The van der Waals surface area contributed by atoms with Crippen molar-refractivity contribution in [2.24, 2.45) is 11.7 Å². The molecule has 6 heteroatoms.